The number of primary amides is 1. The smallest absolute Gasteiger partial charge is 0.243 e. The molecule has 43 nitrogen and oxygen atoms in total. The predicted molar refractivity (Wildman–Crippen MR) is 525 cm³/mol. The highest BCUT2D eigenvalue weighted by Gasteiger charge is 2.39. The van der Waals surface area contributed by atoms with E-state index < -0.39 is 185 Å². The maximum atomic E-state index is 15.5. The lowest BCUT2D eigenvalue weighted by molar-refractivity contribution is -0.136. The zero-order valence-corrected chi connectivity index (χ0v) is 81.0. The van der Waals surface area contributed by atoms with E-state index >= 15 is 28.8 Å². The van der Waals surface area contributed by atoms with Gasteiger partial charge in [-0.2, -0.15) is 0 Å². The van der Waals surface area contributed by atoms with Gasteiger partial charge in [-0.3, -0.25) is 82.7 Å². The molecule has 15 atom stereocenters. The first kappa shape index (κ1) is 119. The Morgan fingerprint density at radius 3 is 0.708 bits per heavy atom. The molecule has 0 aliphatic rings. The quantitative estimate of drug-likeness (QED) is 0.0152. The summed E-state index contributed by atoms with van der Waals surface area (Å²) in [6.07, 6.45) is 4.04. The topological polar surface area (TPSA) is 756 Å². The van der Waals surface area contributed by atoms with Gasteiger partial charge in [-0.15, -0.1) is 0 Å². The van der Waals surface area contributed by atoms with Crippen LogP contribution >= 0.6 is 0 Å². The minimum absolute atomic E-state index is 0.00668. The molecule has 0 radical (unpaired) electrons. The van der Waals surface area contributed by atoms with E-state index in [1.165, 1.54) is 6.92 Å². The highest BCUT2D eigenvalue weighted by Crippen LogP contribution is 2.18. The van der Waals surface area contributed by atoms with Gasteiger partial charge in [0.15, 0.2) is 11.9 Å². The van der Waals surface area contributed by atoms with Crippen molar-refractivity contribution in [2.24, 2.45) is 75.1 Å². The Kier molecular flexibility index (Phi) is 58.5. The number of nitrogens with two attached hydrogens (primary N) is 10. The van der Waals surface area contributed by atoms with Crippen LogP contribution in [0.4, 0.5) is 0 Å². The van der Waals surface area contributed by atoms with E-state index in [0.717, 1.165) is 0 Å². The van der Waals surface area contributed by atoms with Crippen molar-refractivity contribution >= 4 is 101 Å². The van der Waals surface area contributed by atoms with Crippen LogP contribution in [-0.2, 0) is 91.2 Å². The van der Waals surface area contributed by atoms with Crippen LogP contribution in [0.5, 0.6) is 0 Å². The van der Waals surface area contributed by atoms with Crippen molar-refractivity contribution in [2.45, 2.75) is 306 Å². The van der Waals surface area contributed by atoms with Crippen LogP contribution in [0, 0.1) is 28.6 Å². The minimum Gasteiger partial charge on any atom is -0.370 e. The molecule has 0 heterocycles. The van der Waals surface area contributed by atoms with E-state index in [9.17, 15) is 43.2 Å². The minimum atomic E-state index is -1.54. The second-order valence-corrected chi connectivity index (χ2v) is 35.7. The second kappa shape index (κ2) is 67.2. The van der Waals surface area contributed by atoms with Gasteiger partial charge >= 0.3 is 0 Å². The van der Waals surface area contributed by atoms with E-state index in [2.05, 4.69) is 85.1 Å². The first-order valence-electron chi connectivity index (χ1n) is 48.1. The lowest BCUT2D eigenvalue weighted by Gasteiger charge is -2.29. The zero-order valence-electron chi connectivity index (χ0n) is 81.0. The van der Waals surface area contributed by atoms with Crippen LogP contribution in [-0.4, -0.2) is 244 Å². The normalized spacial score (nSPS) is 14.5. The monoisotopic (exact) mass is 1920 g/mol. The molecule has 137 heavy (non-hydrogen) atoms. The number of amides is 15. The summed E-state index contributed by atoms with van der Waals surface area (Å²) in [5, 5.41) is 59.7. The van der Waals surface area contributed by atoms with Crippen molar-refractivity contribution in [3.8, 4) is 0 Å². The van der Waals surface area contributed by atoms with Crippen molar-refractivity contribution < 1.29 is 71.9 Å². The summed E-state index contributed by atoms with van der Waals surface area (Å²) in [5.41, 5.74) is 60.1. The van der Waals surface area contributed by atoms with Gasteiger partial charge in [0.1, 0.15) is 84.6 Å². The van der Waals surface area contributed by atoms with Crippen molar-refractivity contribution in [1.82, 2.24) is 85.1 Å². The van der Waals surface area contributed by atoms with Gasteiger partial charge in [0.25, 0.3) is 0 Å². The highest BCUT2D eigenvalue weighted by molar-refractivity contribution is 6.01. The Morgan fingerprint density at radius 1 is 0.263 bits per heavy atom. The Morgan fingerprint density at radius 2 is 0.482 bits per heavy atom. The molecule has 15 amide bonds. The second-order valence-electron chi connectivity index (χ2n) is 35.7. The molecular formula is C94H160N28O15. The molecule has 0 aliphatic heterocycles. The summed E-state index contributed by atoms with van der Waals surface area (Å²) >= 11 is 0. The maximum Gasteiger partial charge on any atom is 0.243 e. The molecule has 3 rings (SSSR count). The predicted octanol–water partition coefficient (Wildman–Crippen LogP) is -3.01. The third-order valence-corrected chi connectivity index (χ3v) is 22.8. The average Bonchev–Trinajstić information content (AvgIpc) is 0.843. The van der Waals surface area contributed by atoms with E-state index in [0.29, 0.717) is 81.0 Å². The highest BCUT2D eigenvalue weighted by atomic mass is 16.2. The van der Waals surface area contributed by atoms with E-state index in [1.807, 2.05) is 0 Å². The first-order valence-corrected chi connectivity index (χ1v) is 48.1. The van der Waals surface area contributed by atoms with Crippen LogP contribution in [0.1, 0.15) is 213 Å². The lowest BCUT2D eigenvalue weighted by Crippen LogP contribution is -2.61. The van der Waals surface area contributed by atoms with Gasteiger partial charge in [-0.1, -0.05) is 133 Å². The van der Waals surface area contributed by atoms with Crippen molar-refractivity contribution in [2.75, 3.05) is 52.4 Å². The number of unbranched alkanes of at least 4 members (excludes halogenated alkanes) is 6. The fourth-order valence-corrected chi connectivity index (χ4v) is 14.8. The maximum absolute atomic E-state index is 15.5. The Labute approximate surface area is 805 Å². The molecule has 3 aromatic carbocycles. The molecule has 3 aromatic rings. The fraction of sp³-hybridized carbons (Fsp3) is 0.628. The molecule has 0 saturated heterocycles. The largest absolute Gasteiger partial charge is 0.370 e. The van der Waals surface area contributed by atoms with Crippen molar-refractivity contribution in [1.29, 1.82) is 10.8 Å². The summed E-state index contributed by atoms with van der Waals surface area (Å²) in [6.45, 7) is 13.3. The van der Waals surface area contributed by atoms with E-state index in [4.69, 9.17) is 68.2 Å². The number of nitrogens with one attached hydrogen (secondary N) is 18. The molecule has 0 spiro atoms. The lowest BCUT2D eigenvalue weighted by atomic mass is 10.00. The van der Waals surface area contributed by atoms with Gasteiger partial charge in [-0.05, 0) is 228 Å². The standard InChI is InChI=1S/C94H160N28O15/c1-57(2)53-72(88(133)114-65(38-18-24-46-96)81(126)110-64(37-17-23-45-95)80(125)109-60(7)79(124)122-77(59(5)6)78(102)123)118-85(130)67(40-20-26-48-98)112-84(129)70(43-29-51-107-93(103)104)116-90(135)74(55-62-33-13-9-14-34-62)121-91(136)75(56-63-35-15-10-16-36-63)120-86(131)68(41-21-27-49-99)111-82(127)66(39-19-25-47-97)115-89(134)73(54-61-31-11-8-12-32-61)119-87(132)71(44-30-52-108-94(105)106)113-83(128)69(42-22-28-50-100)117-92(137)76(101)58(3)4/h8-16,31-36,57-60,64-77H,17-30,37-56,95-101H2,1-7H3,(H2,102,123)(H,109,125)(H,110,126)(H,111,127)(H,112,129)(H,113,128)(H,114,133)(H,115,134)(H,116,135)(H,117,137)(H,118,130)(H,119,132)(H,120,131)(H,121,136)(H,122,124)(H4,103,104,107)(H4,105,106,108)/t60-,64-,65-,66-,67-,68-,69-,70-,71-,72-,73-,74-,75-,76-,77-/m0/s1. The Hall–Kier alpha value is -12.0. The van der Waals surface area contributed by atoms with Gasteiger partial charge in [0.05, 0.1) is 6.04 Å². The molecule has 0 aliphatic carbocycles. The zero-order chi connectivity index (χ0) is 102. The van der Waals surface area contributed by atoms with Gasteiger partial charge in [0, 0.05) is 32.4 Å². The number of hydrogen-bond acceptors (Lipinski definition) is 24. The van der Waals surface area contributed by atoms with Crippen LogP contribution in [0.15, 0.2) is 91.0 Å². The summed E-state index contributed by atoms with van der Waals surface area (Å²) < 4.78 is 0. The SMILES string of the molecule is CC(C)C[C@H](NC(=O)[C@H](CCCCN)NC(=O)[C@H](CCCNC(=N)N)NC(=O)[C@H](Cc1ccccc1)NC(=O)[C@H](Cc1ccccc1)NC(=O)[C@H](CCCCN)NC(=O)[C@H](CCCCN)NC(=O)[C@H](Cc1ccccc1)NC(=O)[C@H](CCCNC(=N)N)NC(=O)[C@H](CCCCN)NC(=O)[C@@H](N)C(C)C)C(=O)N[C@@H](CCCCN)C(=O)N[C@@H](CCCCN)C(=O)N[C@@H](C)C(=O)N[C@H](C(N)=O)C(C)C. The molecule has 38 N–H and O–H groups in total. The van der Waals surface area contributed by atoms with Gasteiger partial charge in [0.2, 0.25) is 88.6 Å². The van der Waals surface area contributed by atoms with E-state index in [1.54, 1.807) is 133 Å². The number of guanidine groups is 2. The van der Waals surface area contributed by atoms with E-state index in [-0.39, 0.29) is 179 Å². The third-order valence-electron chi connectivity index (χ3n) is 22.8. The third kappa shape index (κ3) is 48.0. The van der Waals surface area contributed by atoms with Crippen LogP contribution in [0.3, 0.4) is 0 Å². The summed E-state index contributed by atoms with van der Waals surface area (Å²) in [5.74, 6) is -13.7. The molecule has 0 aromatic heterocycles. The summed E-state index contributed by atoms with van der Waals surface area (Å²) in [4.78, 5) is 218. The average molecular weight is 1920 g/mol. The number of benzene rings is 3. The van der Waals surface area contributed by atoms with Crippen LogP contribution in [0.25, 0.3) is 0 Å². The molecule has 766 valence electrons. The number of carbonyl (C=O) groups excluding carboxylic acids is 15. The van der Waals surface area contributed by atoms with Gasteiger partial charge in [-0.25, -0.2) is 0 Å². The Bertz CT molecular complexity index is 4220. The fourth-order valence-electron chi connectivity index (χ4n) is 14.8. The van der Waals surface area contributed by atoms with Crippen LogP contribution < -0.4 is 142 Å². The molecule has 0 fully saturated rings. The molecule has 0 saturated carbocycles. The molecule has 43 heteroatoms. The number of carbonyl (C=O) groups is 15. The van der Waals surface area contributed by atoms with Crippen LogP contribution in [0.2, 0.25) is 0 Å². The van der Waals surface area contributed by atoms with Crippen molar-refractivity contribution in [3.63, 3.8) is 0 Å². The molecule has 0 unspecified atom stereocenters. The number of hydrogen-bond donors (Lipinski definition) is 28. The first-order chi connectivity index (χ1) is 65.3. The van der Waals surface area contributed by atoms with Crippen molar-refractivity contribution in [3.05, 3.63) is 108 Å². The molecule has 0 bridgehead atoms. The summed E-state index contributed by atoms with van der Waals surface area (Å²) in [6, 6.07) is 5.87. The summed E-state index contributed by atoms with van der Waals surface area (Å²) in [7, 11) is 0. The number of rotatable bonds is 71. The van der Waals surface area contributed by atoms with Gasteiger partial charge < -0.3 is 142 Å². The molecular weight excluding hydrogens is 1760 g/mol. The Balaban J connectivity index is 2.15.